The van der Waals surface area contributed by atoms with Gasteiger partial charge in [-0.05, 0) is 59.7 Å². The fourth-order valence-corrected chi connectivity index (χ4v) is 14.4. The Hall–Kier alpha value is -0.623. The van der Waals surface area contributed by atoms with Crippen LogP contribution < -0.4 is 0 Å². The molecule has 0 aromatic heterocycles. The van der Waals surface area contributed by atoms with Crippen LogP contribution in [0.1, 0.15) is 101 Å². The van der Waals surface area contributed by atoms with Gasteiger partial charge in [-0.15, -0.1) is 6.58 Å². The third-order valence-corrected chi connectivity index (χ3v) is 17.3. The number of aliphatic hydroxyl groups excluding tert-OH is 1. The second kappa shape index (κ2) is 10.5. The molecule has 0 spiro atoms. The molecule has 0 aliphatic heterocycles. The minimum atomic E-state index is -2.13. The van der Waals surface area contributed by atoms with Gasteiger partial charge in [0.25, 0.3) is 8.32 Å². The summed E-state index contributed by atoms with van der Waals surface area (Å²) in [6.07, 6.45) is 6.38. The standard InChI is InChI=1S/C31H56O4Si/c1-13-29(10)18-26(32)30(11)23(8)14-16-31(24(9)28(29)34-19-33-12)17-15-25(27(30)31)35-36(20(2)3,21(4)5)22(6)7/h13,20-24,26,28,32H,1,14-19H2,2-12H3/t23-,24+,26-,28+,29+,30+,31+/m1/s1. The fourth-order valence-electron chi connectivity index (χ4n) is 9.10. The maximum Gasteiger partial charge on any atom is 0.258 e. The van der Waals surface area contributed by atoms with E-state index >= 15 is 0 Å². The third-order valence-electron chi connectivity index (χ3n) is 11.3. The summed E-state index contributed by atoms with van der Waals surface area (Å²) in [6, 6.07) is 0. The van der Waals surface area contributed by atoms with E-state index in [4.69, 9.17) is 13.9 Å². The zero-order chi connectivity index (χ0) is 27.3. The Balaban J connectivity index is 2.29. The summed E-state index contributed by atoms with van der Waals surface area (Å²) in [7, 11) is -0.442. The number of rotatable bonds is 9. The summed E-state index contributed by atoms with van der Waals surface area (Å²) in [5.74, 6) is 1.88. The van der Waals surface area contributed by atoms with Gasteiger partial charge in [0.15, 0.2) is 0 Å². The smallest absolute Gasteiger partial charge is 0.258 e. The lowest BCUT2D eigenvalue weighted by Gasteiger charge is -2.60. The van der Waals surface area contributed by atoms with Crippen LogP contribution in [-0.2, 0) is 13.9 Å². The molecule has 0 unspecified atom stereocenters. The van der Waals surface area contributed by atoms with Gasteiger partial charge in [-0.3, -0.25) is 0 Å². The summed E-state index contributed by atoms with van der Waals surface area (Å²) in [5.41, 5.74) is 2.29. The molecule has 5 heteroatoms. The molecule has 0 radical (unpaired) electrons. The molecule has 7 atom stereocenters. The zero-order valence-electron chi connectivity index (χ0n) is 25.2. The first-order chi connectivity index (χ1) is 16.7. The molecular formula is C31H56O4Si. The molecule has 0 heterocycles. The van der Waals surface area contributed by atoms with Gasteiger partial charge in [-0.25, -0.2) is 0 Å². The Bertz CT molecular complexity index is 813. The Labute approximate surface area is 223 Å². The number of methoxy groups -OCH3 is 1. The molecule has 0 aromatic rings. The molecule has 2 saturated carbocycles. The summed E-state index contributed by atoms with van der Waals surface area (Å²) in [5, 5.41) is 12.1. The van der Waals surface area contributed by atoms with E-state index in [9.17, 15) is 5.11 Å². The van der Waals surface area contributed by atoms with Gasteiger partial charge in [0.1, 0.15) is 6.79 Å². The molecule has 2 bridgehead atoms. The summed E-state index contributed by atoms with van der Waals surface area (Å²) in [4.78, 5) is 0. The van der Waals surface area contributed by atoms with Crippen molar-refractivity contribution in [2.45, 2.75) is 130 Å². The van der Waals surface area contributed by atoms with Gasteiger partial charge in [0.05, 0.1) is 18.0 Å². The fraction of sp³-hybridized carbons (Fsp3) is 0.871. The van der Waals surface area contributed by atoms with Crippen LogP contribution in [0.15, 0.2) is 24.0 Å². The van der Waals surface area contributed by atoms with Crippen LogP contribution in [-0.4, -0.2) is 39.5 Å². The van der Waals surface area contributed by atoms with Crippen molar-refractivity contribution < 1.29 is 19.0 Å². The normalized spacial score (nSPS) is 39.4. The molecule has 4 nitrogen and oxygen atoms in total. The van der Waals surface area contributed by atoms with E-state index in [1.54, 1.807) is 7.11 Å². The lowest BCUT2D eigenvalue weighted by Crippen LogP contribution is -2.59. The number of hydrogen-bond donors (Lipinski definition) is 1. The van der Waals surface area contributed by atoms with Gasteiger partial charge in [-0.1, -0.05) is 75.3 Å². The molecule has 2 fully saturated rings. The summed E-state index contributed by atoms with van der Waals surface area (Å²) in [6.45, 7) is 28.0. The largest absolute Gasteiger partial charge is 0.546 e. The predicted molar refractivity (Wildman–Crippen MR) is 152 cm³/mol. The molecular weight excluding hydrogens is 464 g/mol. The zero-order valence-corrected chi connectivity index (χ0v) is 26.2. The highest BCUT2D eigenvalue weighted by Crippen LogP contribution is 2.69. The molecule has 0 aromatic carbocycles. The number of allylic oxidation sites excluding steroid dienone is 1. The van der Waals surface area contributed by atoms with Crippen LogP contribution in [0.25, 0.3) is 0 Å². The van der Waals surface area contributed by atoms with E-state index in [0.717, 1.165) is 25.7 Å². The highest BCUT2D eigenvalue weighted by atomic mass is 28.4. The van der Waals surface area contributed by atoms with Gasteiger partial charge >= 0.3 is 0 Å². The molecule has 3 rings (SSSR count). The SMILES string of the molecule is C=C[C@@]1(C)C[C@@H](O)[C@@]2(C)C3=C(O[Si](C(C)C)(C(C)C)C(C)C)CC[C@@]3(CC[C@H]2C)[C@@H](C)[C@@H]1OCOC. The van der Waals surface area contributed by atoms with Crippen molar-refractivity contribution in [1.29, 1.82) is 0 Å². The van der Waals surface area contributed by atoms with Crippen molar-refractivity contribution in [1.82, 2.24) is 0 Å². The van der Waals surface area contributed by atoms with Crippen LogP contribution in [0, 0.1) is 28.1 Å². The average molecular weight is 521 g/mol. The van der Waals surface area contributed by atoms with Crippen molar-refractivity contribution in [3.63, 3.8) is 0 Å². The van der Waals surface area contributed by atoms with Crippen molar-refractivity contribution >= 4 is 8.32 Å². The third kappa shape index (κ3) is 4.28. The maximum absolute atomic E-state index is 12.1. The first-order valence-electron chi connectivity index (χ1n) is 14.5. The summed E-state index contributed by atoms with van der Waals surface area (Å²) < 4.78 is 19.4. The van der Waals surface area contributed by atoms with Crippen molar-refractivity contribution in [3.8, 4) is 0 Å². The maximum atomic E-state index is 12.1. The van der Waals surface area contributed by atoms with E-state index in [1.807, 2.05) is 6.08 Å². The molecule has 1 N–H and O–H groups in total. The molecule has 0 amide bonds. The minimum Gasteiger partial charge on any atom is -0.546 e. The van der Waals surface area contributed by atoms with Crippen LogP contribution in [0.4, 0.5) is 0 Å². The highest BCUT2D eigenvalue weighted by Gasteiger charge is 2.64. The van der Waals surface area contributed by atoms with Crippen LogP contribution in [0.3, 0.4) is 0 Å². The van der Waals surface area contributed by atoms with Crippen molar-refractivity contribution in [3.05, 3.63) is 24.0 Å². The Morgan fingerprint density at radius 3 is 2.14 bits per heavy atom. The number of ether oxygens (including phenoxy) is 2. The monoisotopic (exact) mass is 520 g/mol. The molecule has 3 aliphatic rings. The lowest BCUT2D eigenvalue weighted by atomic mass is 9.46. The highest BCUT2D eigenvalue weighted by molar-refractivity contribution is 6.77. The van der Waals surface area contributed by atoms with E-state index < -0.39 is 14.4 Å². The second-order valence-electron chi connectivity index (χ2n) is 13.8. The minimum absolute atomic E-state index is 0.0360. The number of aliphatic hydroxyl groups is 1. The molecule has 208 valence electrons. The van der Waals surface area contributed by atoms with Crippen LogP contribution >= 0.6 is 0 Å². The van der Waals surface area contributed by atoms with Gasteiger partial charge in [0, 0.05) is 29.8 Å². The average Bonchev–Trinajstić information content (AvgIpc) is 3.18. The topological polar surface area (TPSA) is 47.9 Å². The van der Waals surface area contributed by atoms with Crippen molar-refractivity contribution in [2.75, 3.05) is 13.9 Å². The Morgan fingerprint density at radius 2 is 1.64 bits per heavy atom. The van der Waals surface area contributed by atoms with Crippen molar-refractivity contribution in [2.24, 2.45) is 28.1 Å². The molecule has 3 aliphatic carbocycles. The quantitative estimate of drug-likeness (QED) is 0.189. The van der Waals surface area contributed by atoms with E-state index in [-0.39, 0.29) is 35.1 Å². The van der Waals surface area contributed by atoms with E-state index in [2.05, 4.69) is 75.8 Å². The Kier molecular flexibility index (Phi) is 8.73. The first-order valence-corrected chi connectivity index (χ1v) is 16.7. The summed E-state index contributed by atoms with van der Waals surface area (Å²) >= 11 is 0. The number of hydrogen-bond acceptors (Lipinski definition) is 4. The molecule has 36 heavy (non-hydrogen) atoms. The Morgan fingerprint density at radius 1 is 1.06 bits per heavy atom. The predicted octanol–water partition coefficient (Wildman–Crippen LogP) is 8.23. The van der Waals surface area contributed by atoms with Crippen LogP contribution in [0.2, 0.25) is 16.6 Å². The lowest BCUT2D eigenvalue weighted by molar-refractivity contribution is -0.173. The first kappa shape index (κ1) is 29.9. The van der Waals surface area contributed by atoms with Gasteiger partial charge in [0.2, 0.25) is 0 Å². The van der Waals surface area contributed by atoms with E-state index in [1.165, 1.54) is 11.3 Å². The van der Waals surface area contributed by atoms with Crippen LogP contribution in [0.5, 0.6) is 0 Å². The molecule has 0 saturated heterocycles. The van der Waals surface area contributed by atoms with E-state index in [0.29, 0.717) is 29.0 Å². The van der Waals surface area contributed by atoms with Gasteiger partial charge < -0.3 is 19.0 Å². The second-order valence-corrected chi connectivity index (χ2v) is 19.2. The van der Waals surface area contributed by atoms with Gasteiger partial charge in [-0.2, -0.15) is 0 Å².